The fourth-order valence-electron chi connectivity index (χ4n) is 3.77. The maximum atomic E-state index is 11.5. The van der Waals surface area contributed by atoms with E-state index in [0.29, 0.717) is 29.0 Å². The fourth-order valence-corrected chi connectivity index (χ4v) is 3.77. The number of hydrogen-bond donors (Lipinski definition) is 4. The monoisotopic (exact) mass is 470 g/mol. The maximum Gasteiger partial charge on any atom is 0.326 e. The molecule has 1 saturated carbocycles. The van der Waals surface area contributed by atoms with Crippen molar-refractivity contribution in [3.05, 3.63) is 81.3 Å². The number of hydrogen-bond acceptors (Lipinski definition) is 8. The molecule has 0 unspecified atom stereocenters. The second kappa shape index (κ2) is 8.24. The fraction of sp³-hybridized carbons (Fsp3) is 0.217. The van der Waals surface area contributed by atoms with E-state index in [1.54, 1.807) is 23.0 Å². The average Bonchev–Trinajstić information content (AvgIpc) is 3.25. The van der Waals surface area contributed by atoms with Gasteiger partial charge in [-0.1, -0.05) is 12.1 Å². The van der Waals surface area contributed by atoms with E-state index in [0.717, 1.165) is 29.9 Å². The van der Waals surface area contributed by atoms with Crippen LogP contribution in [0, 0.1) is 6.92 Å². The van der Waals surface area contributed by atoms with E-state index in [1.807, 2.05) is 42.0 Å². The van der Waals surface area contributed by atoms with Crippen LogP contribution < -0.4 is 21.8 Å². The zero-order chi connectivity index (χ0) is 23.9. The number of imidazole rings is 2. The molecule has 1 aliphatic rings. The molecule has 4 heterocycles. The van der Waals surface area contributed by atoms with Crippen molar-refractivity contribution in [3.63, 3.8) is 0 Å². The van der Waals surface area contributed by atoms with Crippen molar-refractivity contribution in [3.8, 4) is 11.6 Å². The summed E-state index contributed by atoms with van der Waals surface area (Å²) >= 11 is 0. The predicted octanol–water partition coefficient (Wildman–Crippen LogP) is 0.563. The molecule has 1 aromatic carbocycles. The molecular formula is C23H22N10O2. The first-order valence-corrected chi connectivity index (χ1v) is 11.2. The second-order valence-corrected chi connectivity index (χ2v) is 8.39. The summed E-state index contributed by atoms with van der Waals surface area (Å²) in [7, 11) is 0. The van der Waals surface area contributed by atoms with Crippen LogP contribution >= 0.6 is 0 Å². The van der Waals surface area contributed by atoms with E-state index < -0.39 is 5.69 Å². The first-order chi connectivity index (χ1) is 17.0. The Bertz CT molecular complexity index is 1700. The van der Waals surface area contributed by atoms with Gasteiger partial charge < -0.3 is 20.0 Å². The number of fused-ring (bicyclic) bond motifs is 1. The topological polar surface area (TPSA) is 154 Å². The van der Waals surface area contributed by atoms with Crippen molar-refractivity contribution in [2.45, 2.75) is 32.4 Å². The number of anilines is 1. The van der Waals surface area contributed by atoms with Gasteiger partial charge >= 0.3 is 5.69 Å². The van der Waals surface area contributed by atoms with Crippen molar-refractivity contribution in [1.82, 2.24) is 39.1 Å². The van der Waals surface area contributed by atoms with Crippen LogP contribution in [-0.2, 0) is 6.54 Å². The summed E-state index contributed by atoms with van der Waals surface area (Å²) in [5, 5.41) is 18.2. The summed E-state index contributed by atoms with van der Waals surface area (Å²) in [4.78, 5) is 34.5. The quantitative estimate of drug-likeness (QED) is 0.283. The number of aromatic amines is 2. The van der Waals surface area contributed by atoms with Crippen LogP contribution in [0.1, 0.15) is 29.9 Å². The number of H-pyrrole nitrogens is 2. The highest BCUT2D eigenvalue weighted by molar-refractivity contribution is 5.57. The van der Waals surface area contributed by atoms with E-state index in [1.165, 1.54) is 0 Å². The highest BCUT2D eigenvalue weighted by atomic mass is 16.3. The lowest BCUT2D eigenvalue weighted by Gasteiger charge is -2.08. The number of benzene rings is 1. The number of nitrogens with zero attached hydrogens (tertiary/aromatic N) is 7. The molecule has 176 valence electrons. The van der Waals surface area contributed by atoms with Crippen LogP contribution in [0.15, 0.2) is 52.6 Å². The van der Waals surface area contributed by atoms with Crippen LogP contribution in [0.4, 0.5) is 5.95 Å². The molecule has 0 atom stereocenters. The summed E-state index contributed by atoms with van der Waals surface area (Å²) in [5.74, 6) is 1.09. The van der Waals surface area contributed by atoms with Crippen LogP contribution in [-0.4, -0.2) is 50.2 Å². The standard InChI is InChI=1S/C23H22N10O2/c1-13-24-8-9-32(13)17-6-2-14(3-7-17)11-25-21-29-19-15(10-18-20(34)30-23(35)28-18)12-26-33(19)22(31-21)27-16-4-5-16/h2-3,6-10,12,16,34H,4-5,11H2,1H3,(H,25,27,31)(H2,28,30,35). The largest absolute Gasteiger partial charge is 0.493 e. The van der Waals surface area contributed by atoms with E-state index in [2.05, 4.69) is 40.3 Å². The summed E-state index contributed by atoms with van der Waals surface area (Å²) in [6, 6.07) is 8.40. The third-order valence-electron chi connectivity index (χ3n) is 5.75. The zero-order valence-corrected chi connectivity index (χ0v) is 18.8. The van der Waals surface area contributed by atoms with Gasteiger partial charge in [-0.25, -0.2) is 14.8 Å². The van der Waals surface area contributed by atoms with Crippen molar-refractivity contribution in [1.29, 1.82) is 0 Å². The van der Waals surface area contributed by atoms with Gasteiger partial charge in [-0.2, -0.15) is 19.6 Å². The minimum atomic E-state index is -0.499. The smallest absolute Gasteiger partial charge is 0.326 e. The summed E-state index contributed by atoms with van der Waals surface area (Å²) < 4.78 is 3.59. The summed E-state index contributed by atoms with van der Waals surface area (Å²) in [6.45, 7) is 2.48. The van der Waals surface area contributed by atoms with Gasteiger partial charge in [-0.05, 0) is 43.5 Å². The predicted molar refractivity (Wildman–Crippen MR) is 127 cm³/mol. The molecule has 1 aliphatic carbocycles. The Morgan fingerprint density at radius 2 is 2.06 bits per heavy atom. The molecule has 12 nitrogen and oxygen atoms in total. The molecule has 5 aromatic rings. The second-order valence-electron chi connectivity index (χ2n) is 8.39. The molecule has 0 bridgehead atoms. The summed E-state index contributed by atoms with van der Waals surface area (Å²) in [5.41, 5.74) is 2.81. The minimum absolute atomic E-state index is 0.238. The molecule has 0 spiro atoms. The van der Waals surface area contributed by atoms with Crippen molar-refractivity contribution >= 4 is 17.7 Å². The van der Waals surface area contributed by atoms with Crippen molar-refractivity contribution in [2.24, 2.45) is 4.99 Å². The molecule has 0 saturated heterocycles. The zero-order valence-electron chi connectivity index (χ0n) is 18.8. The number of aromatic hydroxyl groups is 1. The van der Waals surface area contributed by atoms with Crippen molar-refractivity contribution < 1.29 is 5.11 Å². The van der Waals surface area contributed by atoms with Gasteiger partial charge in [-0.3, -0.25) is 4.98 Å². The highest BCUT2D eigenvalue weighted by Gasteiger charge is 2.21. The number of rotatable bonds is 6. The lowest BCUT2D eigenvalue weighted by molar-refractivity contribution is 0.454. The molecule has 4 N–H and O–H groups in total. The van der Waals surface area contributed by atoms with Gasteiger partial charge in [0.15, 0.2) is 5.65 Å². The SMILES string of the molecule is Cc1nccn1-c1ccc(CNc2nc(=NC3CC3)n3ncc(=Cc4[nH]c(=O)[nH]c4O)c3n2)cc1. The minimum Gasteiger partial charge on any atom is -0.493 e. The van der Waals surface area contributed by atoms with Crippen LogP contribution in [0.5, 0.6) is 5.88 Å². The van der Waals surface area contributed by atoms with E-state index in [4.69, 9.17) is 0 Å². The van der Waals surface area contributed by atoms with Gasteiger partial charge in [-0.15, -0.1) is 0 Å². The number of nitrogens with one attached hydrogen (secondary N) is 3. The van der Waals surface area contributed by atoms with Gasteiger partial charge in [0.2, 0.25) is 11.8 Å². The van der Waals surface area contributed by atoms with Gasteiger partial charge in [0, 0.05) is 29.8 Å². The molecule has 35 heavy (non-hydrogen) atoms. The van der Waals surface area contributed by atoms with Gasteiger partial charge in [0.05, 0.1) is 12.2 Å². The number of aryl methyl sites for hydroxylation is 1. The Morgan fingerprint density at radius 1 is 1.23 bits per heavy atom. The van der Waals surface area contributed by atoms with E-state index >= 15 is 0 Å². The lowest BCUT2D eigenvalue weighted by Crippen LogP contribution is -2.24. The van der Waals surface area contributed by atoms with E-state index in [-0.39, 0.29) is 17.6 Å². The highest BCUT2D eigenvalue weighted by Crippen LogP contribution is 2.22. The van der Waals surface area contributed by atoms with E-state index in [9.17, 15) is 9.90 Å². The molecule has 0 radical (unpaired) electrons. The first kappa shape index (κ1) is 20.8. The molecule has 0 amide bonds. The Balaban J connectivity index is 1.33. The van der Waals surface area contributed by atoms with Gasteiger partial charge in [0.25, 0.3) is 5.62 Å². The first-order valence-electron chi connectivity index (χ1n) is 11.2. The summed E-state index contributed by atoms with van der Waals surface area (Å²) in [6.07, 6.45) is 8.95. The molecule has 1 fully saturated rings. The van der Waals surface area contributed by atoms with Crippen LogP contribution in [0.2, 0.25) is 0 Å². The third kappa shape index (κ3) is 4.16. The molecule has 12 heteroatoms. The molecule has 0 aliphatic heterocycles. The van der Waals surface area contributed by atoms with Crippen LogP contribution in [0.3, 0.4) is 0 Å². The normalized spacial score (nSPS) is 14.8. The lowest BCUT2D eigenvalue weighted by atomic mass is 10.2. The third-order valence-corrected chi connectivity index (χ3v) is 5.75. The van der Waals surface area contributed by atoms with Crippen molar-refractivity contribution in [2.75, 3.05) is 5.32 Å². The molecule has 4 aromatic heterocycles. The van der Waals surface area contributed by atoms with Gasteiger partial charge in [0.1, 0.15) is 11.5 Å². The Hall–Kier alpha value is -4.74. The Morgan fingerprint density at radius 3 is 2.74 bits per heavy atom. The Kier molecular flexibility index (Phi) is 4.90. The van der Waals surface area contributed by atoms with Crippen LogP contribution in [0.25, 0.3) is 17.4 Å². The molecule has 6 rings (SSSR count). The number of aromatic nitrogens is 8. The maximum absolute atomic E-state index is 11.5. The Labute approximate surface area is 197 Å². The average molecular weight is 470 g/mol. The molecular weight excluding hydrogens is 448 g/mol.